The summed E-state index contributed by atoms with van der Waals surface area (Å²) in [5.41, 5.74) is 0. The van der Waals surface area contributed by atoms with Crippen LogP contribution in [0.5, 0.6) is 0 Å². The fourth-order valence-corrected chi connectivity index (χ4v) is 1.55. The molecule has 1 aliphatic rings. The second kappa shape index (κ2) is 4.80. The third-order valence-corrected chi connectivity index (χ3v) is 2.29. The summed E-state index contributed by atoms with van der Waals surface area (Å²) in [6, 6.07) is 0.560. The van der Waals surface area contributed by atoms with E-state index in [9.17, 15) is 0 Å². The highest BCUT2D eigenvalue weighted by molar-refractivity contribution is 4.74. The average Bonchev–Trinajstić information content (AvgIpc) is 2.15. The van der Waals surface area contributed by atoms with Crippen LogP contribution >= 0.6 is 0 Å². The molecule has 12 heavy (non-hydrogen) atoms. The molecule has 1 radical (unpaired) electrons. The van der Waals surface area contributed by atoms with Crippen molar-refractivity contribution in [2.24, 2.45) is 0 Å². The summed E-state index contributed by atoms with van der Waals surface area (Å²) in [6.45, 7) is 4.44. The molecule has 1 heterocycles. The van der Waals surface area contributed by atoms with Gasteiger partial charge in [-0.2, -0.15) is 0 Å². The molecular weight excluding hydrogens is 150 g/mol. The minimum absolute atomic E-state index is 0.560. The van der Waals surface area contributed by atoms with E-state index in [1.165, 1.54) is 13.0 Å². The summed E-state index contributed by atoms with van der Waals surface area (Å²) in [7, 11) is 6.40. The molecule has 71 valence electrons. The number of rotatable bonds is 2. The van der Waals surface area contributed by atoms with Gasteiger partial charge >= 0.3 is 0 Å². The standard InChI is InChI=1S/C9H20N3/c1-11(2)8-9-4-6-12(3)7-5-10-9/h9H,4-8H2,1-3H3. The second-order valence-electron chi connectivity index (χ2n) is 3.91. The van der Waals surface area contributed by atoms with Gasteiger partial charge < -0.3 is 9.80 Å². The monoisotopic (exact) mass is 170 g/mol. The molecule has 1 aliphatic heterocycles. The third kappa shape index (κ3) is 3.52. The van der Waals surface area contributed by atoms with Crippen LogP contribution in [0.2, 0.25) is 0 Å². The van der Waals surface area contributed by atoms with Crippen LogP contribution in [0.15, 0.2) is 0 Å². The average molecular weight is 170 g/mol. The quantitative estimate of drug-likeness (QED) is 0.575. The summed E-state index contributed by atoms with van der Waals surface area (Å²) in [4.78, 5) is 4.58. The van der Waals surface area contributed by atoms with Crippen molar-refractivity contribution in [2.45, 2.75) is 12.5 Å². The van der Waals surface area contributed by atoms with Gasteiger partial charge in [0.25, 0.3) is 0 Å². The van der Waals surface area contributed by atoms with Crippen LogP contribution in [-0.2, 0) is 0 Å². The smallest absolute Gasteiger partial charge is 0.0385 e. The lowest BCUT2D eigenvalue weighted by molar-refractivity contribution is 0.322. The predicted molar refractivity (Wildman–Crippen MR) is 51.5 cm³/mol. The van der Waals surface area contributed by atoms with Crippen molar-refractivity contribution in [2.75, 3.05) is 47.3 Å². The van der Waals surface area contributed by atoms with Gasteiger partial charge in [0.2, 0.25) is 0 Å². The van der Waals surface area contributed by atoms with E-state index in [2.05, 4.69) is 36.3 Å². The Morgan fingerprint density at radius 2 is 2.17 bits per heavy atom. The highest BCUT2D eigenvalue weighted by atomic mass is 15.2. The first-order valence-corrected chi connectivity index (χ1v) is 4.68. The van der Waals surface area contributed by atoms with Gasteiger partial charge in [0, 0.05) is 25.7 Å². The Bertz CT molecular complexity index is 125. The van der Waals surface area contributed by atoms with Crippen molar-refractivity contribution in [1.82, 2.24) is 15.1 Å². The normalized spacial score (nSPS) is 27.5. The van der Waals surface area contributed by atoms with Crippen molar-refractivity contribution in [1.29, 1.82) is 0 Å². The van der Waals surface area contributed by atoms with E-state index in [1.807, 2.05) is 0 Å². The van der Waals surface area contributed by atoms with E-state index in [0.29, 0.717) is 6.04 Å². The Balaban J connectivity index is 2.26. The minimum Gasteiger partial charge on any atom is -0.308 e. The largest absolute Gasteiger partial charge is 0.308 e. The highest BCUT2D eigenvalue weighted by Crippen LogP contribution is 2.01. The molecule has 0 aliphatic carbocycles. The lowest BCUT2D eigenvalue weighted by Crippen LogP contribution is -2.33. The zero-order chi connectivity index (χ0) is 8.97. The number of nitrogens with zero attached hydrogens (tertiary/aromatic N) is 3. The van der Waals surface area contributed by atoms with Crippen LogP contribution in [-0.4, -0.2) is 63.2 Å². The molecule has 1 saturated heterocycles. The second-order valence-corrected chi connectivity index (χ2v) is 3.91. The van der Waals surface area contributed by atoms with Crippen molar-refractivity contribution in [3.05, 3.63) is 0 Å². The minimum atomic E-state index is 0.560. The van der Waals surface area contributed by atoms with Crippen LogP contribution in [0, 0.1) is 0 Å². The van der Waals surface area contributed by atoms with E-state index in [-0.39, 0.29) is 0 Å². The lowest BCUT2D eigenvalue weighted by Gasteiger charge is -2.18. The van der Waals surface area contributed by atoms with Crippen molar-refractivity contribution < 1.29 is 0 Å². The molecule has 0 aromatic carbocycles. The van der Waals surface area contributed by atoms with Gasteiger partial charge in [-0.15, -0.1) is 0 Å². The topological polar surface area (TPSA) is 20.6 Å². The van der Waals surface area contributed by atoms with Crippen LogP contribution in [0.4, 0.5) is 0 Å². The first-order valence-electron chi connectivity index (χ1n) is 4.68. The first-order chi connectivity index (χ1) is 5.68. The SMILES string of the molecule is CN(C)CC1CCN(C)CC[N]1. The van der Waals surface area contributed by atoms with Gasteiger partial charge in [0.15, 0.2) is 0 Å². The highest BCUT2D eigenvalue weighted by Gasteiger charge is 2.15. The predicted octanol–water partition coefficient (Wildman–Crippen LogP) is -0.143. The summed E-state index contributed by atoms with van der Waals surface area (Å²) >= 11 is 0. The van der Waals surface area contributed by atoms with Crippen LogP contribution in [0.25, 0.3) is 0 Å². The lowest BCUT2D eigenvalue weighted by atomic mass is 10.2. The molecule has 0 amide bonds. The zero-order valence-electron chi connectivity index (χ0n) is 8.45. The van der Waals surface area contributed by atoms with E-state index in [1.54, 1.807) is 0 Å². The Morgan fingerprint density at radius 1 is 1.42 bits per heavy atom. The van der Waals surface area contributed by atoms with Crippen LogP contribution in [0.1, 0.15) is 6.42 Å². The maximum absolute atomic E-state index is 4.63. The molecule has 0 aromatic rings. The number of likely N-dealkylation sites (N-methyl/N-ethyl adjacent to an activating group) is 2. The van der Waals surface area contributed by atoms with Gasteiger partial charge in [0.05, 0.1) is 0 Å². The maximum atomic E-state index is 4.63. The first kappa shape index (κ1) is 9.96. The third-order valence-electron chi connectivity index (χ3n) is 2.29. The molecule has 3 heteroatoms. The van der Waals surface area contributed by atoms with Gasteiger partial charge in [0.1, 0.15) is 0 Å². The Hall–Kier alpha value is -0.120. The zero-order valence-corrected chi connectivity index (χ0v) is 8.45. The fraction of sp³-hybridized carbons (Fsp3) is 1.00. The fourth-order valence-electron chi connectivity index (χ4n) is 1.55. The van der Waals surface area contributed by atoms with Gasteiger partial charge in [-0.25, -0.2) is 5.32 Å². The molecule has 1 atom stereocenters. The molecule has 0 N–H and O–H groups in total. The Morgan fingerprint density at radius 3 is 2.83 bits per heavy atom. The van der Waals surface area contributed by atoms with Crippen molar-refractivity contribution in [3.8, 4) is 0 Å². The summed E-state index contributed by atoms with van der Waals surface area (Å²) in [5.74, 6) is 0. The van der Waals surface area contributed by atoms with E-state index >= 15 is 0 Å². The molecule has 0 spiro atoms. The molecule has 1 fully saturated rings. The number of hydrogen-bond acceptors (Lipinski definition) is 2. The van der Waals surface area contributed by atoms with Crippen LogP contribution in [0.3, 0.4) is 0 Å². The van der Waals surface area contributed by atoms with Crippen molar-refractivity contribution in [3.63, 3.8) is 0 Å². The summed E-state index contributed by atoms with van der Waals surface area (Å²) in [5, 5.41) is 4.63. The summed E-state index contributed by atoms with van der Waals surface area (Å²) in [6.07, 6.45) is 1.22. The van der Waals surface area contributed by atoms with Crippen molar-refractivity contribution >= 4 is 0 Å². The molecular formula is C9H20N3. The molecule has 0 aromatic heterocycles. The van der Waals surface area contributed by atoms with Gasteiger partial charge in [-0.3, -0.25) is 0 Å². The summed E-state index contributed by atoms with van der Waals surface area (Å²) < 4.78 is 0. The molecule has 0 bridgehead atoms. The van der Waals surface area contributed by atoms with Gasteiger partial charge in [-0.05, 0) is 34.1 Å². The number of hydrogen-bond donors (Lipinski definition) is 0. The van der Waals surface area contributed by atoms with Gasteiger partial charge in [-0.1, -0.05) is 0 Å². The Labute approximate surface area is 75.7 Å². The maximum Gasteiger partial charge on any atom is 0.0385 e. The van der Waals surface area contributed by atoms with E-state index < -0.39 is 0 Å². The van der Waals surface area contributed by atoms with E-state index in [4.69, 9.17) is 0 Å². The van der Waals surface area contributed by atoms with Crippen LogP contribution < -0.4 is 5.32 Å². The molecule has 1 rings (SSSR count). The molecule has 3 nitrogen and oxygen atoms in total. The molecule has 0 saturated carbocycles. The molecule has 1 unspecified atom stereocenters. The van der Waals surface area contributed by atoms with E-state index in [0.717, 1.165) is 19.6 Å². The Kier molecular flexibility index (Phi) is 3.98.